The van der Waals surface area contributed by atoms with Gasteiger partial charge >= 0.3 is 5.69 Å². The summed E-state index contributed by atoms with van der Waals surface area (Å²) in [5.41, 5.74) is 3.62. The number of carbonyl (C=O) groups excluding carboxylic acids is 1. The van der Waals surface area contributed by atoms with Crippen LogP contribution in [0.15, 0.2) is 54.9 Å². The number of benzene rings is 2. The summed E-state index contributed by atoms with van der Waals surface area (Å²) in [6.45, 7) is 1.95. The largest absolute Gasteiger partial charge is 0.324 e. The minimum Gasteiger partial charge on any atom is -0.324 e. The number of nitrogens with one attached hydrogen (secondary N) is 1. The zero-order valence-corrected chi connectivity index (χ0v) is 15.6. The van der Waals surface area contributed by atoms with Gasteiger partial charge in [-0.15, -0.1) is 11.3 Å². The van der Waals surface area contributed by atoms with Crippen molar-refractivity contribution in [3.63, 3.8) is 0 Å². The lowest BCUT2D eigenvalue weighted by atomic mass is 10.2. The van der Waals surface area contributed by atoms with E-state index in [1.165, 1.54) is 16.4 Å². The van der Waals surface area contributed by atoms with Crippen molar-refractivity contribution in [2.75, 3.05) is 5.32 Å². The Hall–Kier alpha value is -3.59. The molecule has 2 aromatic heterocycles. The Balaban J connectivity index is 1.44. The molecule has 28 heavy (non-hydrogen) atoms. The zero-order chi connectivity index (χ0) is 19.7. The molecule has 0 spiro atoms. The SMILES string of the molecule is Cc1ccc2nc(-c3ccc(NC(=O)Cn4cc([N+](=O)[O-])cn4)cc3)sc2c1. The van der Waals surface area contributed by atoms with Crippen LogP contribution in [-0.4, -0.2) is 25.6 Å². The van der Waals surface area contributed by atoms with Crippen molar-refractivity contribution in [1.29, 1.82) is 0 Å². The Bertz CT molecular complexity index is 1180. The standard InChI is InChI=1S/C19H15N5O3S/c1-12-2-7-16-17(8-12)28-19(22-16)13-3-5-14(6-4-13)21-18(25)11-23-10-15(9-20-23)24(26)27/h2-10H,11H2,1H3,(H,21,25). The maximum atomic E-state index is 12.1. The molecule has 4 rings (SSSR count). The average molecular weight is 393 g/mol. The summed E-state index contributed by atoms with van der Waals surface area (Å²) in [7, 11) is 0. The van der Waals surface area contributed by atoms with Crippen molar-refractivity contribution < 1.29 is 9.72 Å². The number of hydrogen-bond donors (Lipinski definition) is 1. The molecule has 0 aliphatic carbocycles. The first kappa shape index (κ1) is 17.8. The third-order valence-electron chi connectivity index (χ3n) is 4.10. The summed E-state index contributed by atoms with van der Waals surface area (Å²) in [6, 6.07) is 13.6. The normalized spacial score (nSPS) is 10.9. The first-order chi connectivity index (χ1) is 13.5. The highest BCUT2D eigenvalue weighted by Crippen LogP contribution is 2.31. The van der Waals surface area contributed by atoms with Crippen molar-refractivity contribution in [3.05, 3.63) is 70.5 Å². The predicted molar refractivity (Wildman–Crippen MR) is 107 cm³/mol. The Morgan fingerprint density at radius 2 is 2.04 bits per heavy atom. The van der Waals surface area contributed by atoms with Crippen molar-refractivity contribution in [3.8, 4) is 10.6 Å². The van der Waals surface area contributed by atoms with Crippen molar-refractivity contribution in [2.45, 2.75) is 13.5 Å². The number of anilines is 1. The van der Waals surface area contributed by atoms with E-state index in [1.807, 2.05) is 24.3 Å². The number of aromatic nitrogens is 3. The third-order valence-corrected chi connectivity index (χ3v) is 5.16. The summed E-state index contributed by atoms with van der Waals surface area (Å²) >= 11 is 1.63. The number of rotatable bonds is 5. The van der Waals surface area contributed by atoms with Crippen LogP contribution in [0.2, 0.25) is 0 Å². The predicted octanol–water partition coefficient (Wildman–Crippen LogP) is 4.02. The fourth-order valence-corrected chi connectivity index (χ4v) is 3.80. The Morgan fingerprint density at radius 3 is 2.75 bits per heavy atom. The number of amides is 1. The van der Waals surface area contributed by atoms with Gasteiger partial charge in [-0.2, -0.15) is 5.10 Å². The summed E-state index contributed by atoms with van der Waals surface area (Å²) in [6.07, 6.45) is 2.33. The lowest BCUT2D eigenvalue weighted by Gasteiger charge is -2.05. The minimum atomic E-state index is -0.552. The lowest BCUT2D eigenvalue weighted by molar-refractivity contribution is -0.385. The van der Waals surface area contributed by atoms with E-state index in [9.17, 15) is 14.9 Å². The molecule has 0 unspecified atom stereocenters. The zero-order valence-electron chi connectivity index (χ0n) is 14.8. The summed E-state index contributed by atoms with van der Waals surface area (Å²) < 4.78 is 2.37. The Kier molecular flexibility index (Phi) is 4.58. The maximum absolute atomic E-state index is 12.1. The number of carbonyl (C=O) groups is 1. The molecular weight excluding hydrogens is 378 g/mol. The second-order valence-electron chi connectivity index (χ2n) is 6.27. The van der Waals surface area contributed by atoms with Crippen LogP contribution >= 0.6 is 11.3 Å². The second kappa shape index (κ2) is 7.20. The van der Waals surface area contributed by atoms with E-state index in [0.29, 0.717) is 5.69 Å². The van der Waals surface area contributed by atoms with Crippen LogP contribution in [0.1, 0.15) is 5.56 Å². The highest BCUT2D eigenvalue weighted by Gasteiger charge is 2.12. The topological polar surface area (TPSA) is 103 Å². The van der Waals surface area contributed by atoms with Crippen LogP contribution in [0, 0.1) is 17.0 Å². The van der Waals surface area contributed by atoms with Crippen LogP contribution in [0.4, 0.5) is 11.4 Å². The summed E-state index contributed by atoms with van der Waals surface area (Å²) in [5.74, 6) is -0.318. The van der Waals surface area contributed by atoms with Gasteiger partial charge in [-0.3, -0.25) is 19.6 Å². The van der Waals surface area contributed by atoms with Crippen molar-refractivity contribution >= 4 is 38.8 Å². The smallest absolute Gasteiger partial charge is 0.307 e. The maximum Gasteiger partial charge on any atom is 0.307 e. The van der Waals surface area contributed by atoms with Crippen LogP contribution in [-0.2, 0) is 11.3 Å². The van der Waals surface area contributed by atoms with Crippen molar-refractivity contribution in [2.24, 2.45) is 0 Å². The van der Waals surface area contributed by atoms with Gasteiger partial charge in [-0.1, -0.05) is 6.07 Å². The average Bonchev–Trinajstić information content (AvgIpc) is 3.29. The third kappa shape index (κ3) is 3.74. The molecule has 2 aromatic carbocycles. The van der Waals surface area contributed by atoms with E-state index < -0.39 is 4.92 Å². The van der Waals surface area contributed by atoms with Gasteiger partial charge in [0.25, 0.3) is 0 Å². The van der Waals surface area contributed by atoms with Crippen LogP contribution < -0.4 is 5.32 Å². The van der Waals surface area contributed by atoms with Gasteiger partial charge in [0.2, 0.25) is 5.91 Å². The number of thiazole rings is 1. The molecule has 140 valence electrons. The van der Waals surface area contributed by atoms with E-state index in [-0.39, 0.29) is 18.1 Å². The highest BCUT2D eigenvalue weighted by atomic mass is 32.1. The first-order valence-corrected chi connectivity index (χ1v) is 9.24. The van der Waals surface area contributed by atoms with Gasteiger partial charge in [0.15, 0.2) is 0 Å². The molecule has 0 fully saturated rings. The van der Waals surface area contributed by atoms with Gasteiger partial charge in [0.05, 0.1) is 15.1 Å². The molecule has 2 heterocycles. The molecule has 0 saturated carbocycles. The molecule has 4 aromatic rings. The van der Waals surface area contributed by atoms with E-state index in [4.69, 9.17) is 0 Å². The molecule has 0 aliphatic rings. The van der Waals surface area contributed by atoms with E-state index in [1.54, 1.807) is 23.5 Å². The lowest BCUT2D eigenvalue weighted by Crippen LogP contribution is -2.18. The summed E-state index contributed by atoms with van der Waals surface area (Å²) in [4.78, 5) is 26.9. The molecule has 1 N–H and O–H groups in total. The van der Waals surface area contributed by atoms with Gasteiger partial charge in [0, 0.05) is 11.3 Å². The molecule has 1 amide bonds. The molecule has 0 bridgehead atoms. The molecule has 0 radical (unpaired) electrons. The van der Waals surface area contributed by atoms with E-state index >= 15 is 0 Å². The first-order valence-electron chi connectivity index (χ1n) is 8.42. The van der Waals surface area contributed by atoms with Crippen LogP contribution in [0.25, 0.3) is 20.8 Å². The fraction of sp³-hybridized carbons (Fsp3) is 0.105. The fourth-order valence-electron chi connectivity index (χ4n) is 2.73. The number of nitrogens with zero attached hydrogens (tertiary/aromatic N) is 4. The Labute approximate surface area is 163 Å². The monoisotopic (exact) mass is 393 g/mol. The number of nitro groups is 1. The van der Waals surface area contributed by atoms with Gasteiger partial charge in [-0.05, 0) is 48.9 Å². The second-order valence-corrected chi connectivity index (χ2v) is 7.30. The van der Waals surface area contributed by atoms with Gasteiger partial charge in [0.1, 0.15) is 23.9 Å². The Morgan fingerprint density at radius 1 is 1.25 bits per heavy atom. The quantitative estimate of drug-likeness (QED) is 0.407. The van der Waals surface area contributed by atoms with Crippen LogP contribution in [0.3, 0.4) is 0 Å². The molecule has 0 saturated heterocycles. The molecular formula is C19H15N5O3S. The number of fused-ring (bicyclic) bond motifs is 1. The van der Waals surface area contributed by atoms with E-state index in [0.717, 1.165) is 27.0 Å². The molecule has 8 nitrogen and oxygen atoms in total. The molecule has 0 atom stereocenters. The van der Waals surface area contributed by atoms with Crippen molar-refractivity contribution in [1.82, 2.24) is 14.8 Å². The summed E-state index contributed by atoms with van der Waals surface area (Å²) in [5, 5.41) is 18.1. The number of aryl methyl sites for hydroxylation is 1. The molecule has 9 heteroatoms. The number of hydrogen-bond acceptors (Lipinski definition) is 6. The van der Waals surface area contributed by atoms with E-state index in [2.05, 4.69) is 28.4 Å². The van der Waals surface area contributed by atoms with Gasteiger partial charge < -0.3 is 5.32 Å². The minimum absolute atomic E-state index is 0.104. The van der Waals surface area contributed by atoms with Crippen LogP contribution in [0.5, 0.6) is 0 Å². The molecule has 0 aliphatic heterocycles. The highest BCUT2D eigenvalue weighted by molar-refractivity contribution is 7.21. The van der Waals surface area contributed by atoms with Gasteiger partial charge in [-0.25, -0.2) is 4.98 Å².